The van der Waals surface area contributed by atoms with E-state index in [9.17, 15) is 9.59 Å². The fraction of sp³-hybridized carbons (Fsp3) is 0.389. The van der Waals surface area contributed by atoms with Crippen LogP contribution in [-0.2, 0) is 11.3 Å². The van der Waals surface area contributed by atoms with Gasteiger partial charge in [-0.2, -0.15) is 0 Å². The summed E-state index contributed by atoms with van der Waals surface area (Å²) in [5.41, 5.74) is 2.03. The minimum absolute atomic E-state index is 0.108. The maximum Gasteiger partial charge on any atom is 0.290 e. The third kappa shape index (κ3) is 4.67. The molecular formula is C18H21N3O4. The molecule has 1 aliphatic rings. The second-order valence-electron chi connectivity index (χ2n) is 6.06. The summed E-state index contributed by atoms with van der Waals surface area (Å²) in [5, 5.41) is 9.32. The van der Waals surface area contributed by atoms with Gasteiger partial charge in [-0.05, 0) is 37.5 Å². The zero-order valence-electron chi connectivity index (χ0n) is 14.1. The van der Waals surface area contributed by atoms with Crippen molar-refractivity contribution < 1.29 is 18.8 Å². The Balaban J connectivity index is 1.53. The van der Waals surface area contributed by atoms with Gasteiger partial charge in [0.25, 0.3) is 11.8 Å². The zero-order chi connectivity index (χ0) is 17.6. The molecule has 0 spiro atoms. The van der Waals surface area contributed by atoms with E-state index in [0.29, 0.717) is 24.3 Å². The number of carbonyl (C=O) groups is 2. The molecule has 0 radical (unpaired) electrons. The summed E-state index contributed by atoms with van der Waals surface area (Å²) in [5.74, 6) is -0.314. The van der Waals surface area contributed by atoms with E-state index in [1.807, 2.05) is 6.07 Å². The number of carbonyl (C=O) groups excluding carboxylic acids is 2. The van der Waals surface area contributed by atoms with Crippen LogP contribution >= 0.6 is 0 Å². The summed E-state index contributed by atoms with van der Waals surface area (Å²) in [4.78, 5) is 24.2. The van der Waals surface area contributed by atoms with Crippen LogP contribution in [0.15, 0.2) is 34.9 Å². The maximum absolute atomic E-state index is 12.2. The Bertz CT molecular complexity index is 750. The van der Waals surface area contributed by atoms with Crippen LogP contribution in [0.3, 0.4) is 0 Å². The molecule has 0 bridgehead atoms. The first-order valence-electron chi connectivity index (χ1n) is 8.32. The van der Waals surface area contributed by atoms with Crippen LogP contribution < -0.4 is 10.6 Å². The Hall–Kier alpha value is -2.67. The summed E-state index contributed by atoms with van der Waals surface area (Å²) in [7, 11) is 0. The number of aryl methyl sites for hydroxylation is 1. The molecule has 2 heterocycles. The summed E-state index contributed by atoms with van der Waals surface area (Å²) in [6.45, 7) is 3.33. The Labute approximate surface area is 145 Å². The number of hydrogen-bond acceptors (Lipinski definition) is 5. The van der Waals surface area contributed by atoms with Crippen molar-refractivity contribution in [2.45, 2.75) is 32.4 Å². The first-order valence-corrected chi connectivity index (χ1v) is 8.32. The predicted molar refractivity (Wildman–Crippen MR) is 90.2 cm³/mol. The van der Waals surface area contributed by atoms with Crippen molar-refractivity contribution in [3.63, 3.8) is 0 Å². The summed E-state index contributed by atoms with van der Waals surface area (Å²) in [6.07, 6.45) is 2.13. The highest BCUT2D eigenvalue weighted by Crippen LogP contribution is 2.11. The van der Waals surface area contributed by atoms with Gasteiger partial charge in [0.15, 0.2) is 0 Å². The van der Waals surface area contributed by atoms with Crippen molar-refractivity contribution in [2.75, 3.05) is 13.2 Å². The standard InChI is InChI=1S/C18H21N3O4/c1-12-8-16(25-21-12)18(23)19-10-13-4-2-5-14(9-13)17(22)20-11-15-6-3-7-24-15/h2,4-5,8-9,15H,3,6-7,10-11H2,1H3,(H,19,23)(H,20,22)/t15-/m0/s1. The van der Waals surface area contributed by atoms with Gasteiger partial charge in [0.05, 0.1) is 11.8 Å². The van der Waals surface area contributed by atoms with Crippen LogP contribution in [0.5, 0.6) is 0 Å². The lowest BCUT2D eigenvalue weighted by Crippen LogP contribution is -2.31. The van der Waals surface area contributed by atoms with Gasteiger partial charge in [-0.25, -0.2) is 0 Å². The average Bonchev–Trinajstić information content (AvgIpc) is 3.29. The molecule has 1 fully saturated rings. The van der Waals surface area contributed by atoms with E-state index in [1.54, 1.807) is 31.2 Å². The number of hydrogen-bond donors (Lipinski definition) is 2. The predicted octanol–water partition coefficient (Wildman–Crippen LogP) is 1.82. The van der Waals surface area contributed by atoms with Crippen LogP contribution in [0.4, 0.5) is 0 Å². The molecule has 0 saturated carbocycles. The summed E-state index contributed by atoms with van der Waals surface area (Å²) >= 11 is 0. The SMILES string of the molecule is Cc1cc(C(=O)NCc2cccc(C(=O)NC[C@@H]3CCCO3)c2)on1. The van der Waals surface area contributed by atoms with Gasteiger partial charge in [-0.15, -0.1) is 0 Å². The number of amides is 2. The number of nitrogens with one attached hydrogen (secondary N) is 2. The molecular weight excluding hydrogens is 322 g/mol. The highest BCUT2D eigenvalue weighted by molar-refractivity contribution is 5.94. The van der Waals surface area contributed by atoms with E-state index in [1.165, 1.54) is 0 Å². The van der Waals surface area contributed by atoms with E-state index >= 15 is 0 Å². The van der Waals surface area contributed by atoms with Gasteiger partial charge in [-0.1, -0.05) is 17.3 Å². The van der Waals surface area contributed by atoms with Crippen LogP contribution in [0.2, 0.25) is 0 Å². The van der Waals surface area contributed by atoms with Crippen molar-refractivity contribution in [3.05, 3.63) is 52.9 Å². The monoisotopic (exact) mass is 343 g/mol. The van der Waals surface area contributed by atoms with Gasteiger partial charge < -0.3 is 19.9 Å². The molecule has 25 heavy (non-hydrogen) atoms. The summed E-state index contributed by atoms with van der Waals surface area (Å²) < 4.78 is 10.4. The van der Waals surface area contributed by atoms with Gasteiger partial charge in [0.1, 0.15) is 0 Å². The van der Waals surface area contributed by atoms with Crippen molar-refractivity contribution >= 4 is 11.8 Å². The number of aromatic nitrogens is 1. The molecule has 0 unspecified atom stereocenters. The topological polar surface area (TPSA) is 93.5 Å². The normalized spacial score (nSPS) is 16.6. The number of ether oxygens (including phenoxy) is 1. The van der Waals surface area contributed by atoms with Crippen LogP contribution in [-0.4, -0.2) is 36.2 Å². The van der Waals surface area contributed by atoms with Crippen LogP contribution in [0.1, 0.15) is 45.0 Å². The summed E-state index contributed by atoms with van der Waals surface area (Å²) in [6, 6.07) is 8.72. The number of nitrogens with zero attached hydrogens (tertiary/aromatic N) is 1. The molecule has 0 aliphatic carbocycles. The number of rotatable bonds is 6. The molecule has 1 aromatic heterocycles. The molecule has 1 aromatic carbocycles. The van der Waals surface area contributed by atoms with Gasteiger partial charge >= 0.3 is 0 Å². The van der Waals surface area contributed by atoms with Crippen LogP contribution in [0, 0.1) is 6.92 Å². The Morgan fingerprint density at radius 3 is 2.84 bits per heavy atom. The average molecular weight is 343 g/mol. The molecule has 2 N–H and O–H groups in total. The molecule has 3 rings (SSSR count). The largest absolute Gasteiger partial charge is 0.376 e. The number of benzene rings is 1. The maximum atomic E-state index is 12.2. The molecule has 1 saturated heterocycles. The highest BCUT2D eigenvalue weighted by Gasteiger charge is 2.17. The van der Waals surface area contributed by atoms with Gasteiger partial charge in [0.2, 0.25) is 5.76 Å². The lowest BCUT2D eigenvalue weighted by molar-refractivity contribution is 0.0857. The van der Waals surface area contributed by atoms with Crippen molar-refractivity contribution in [1.29, 1.82) is 0 Å². The third-order valence-electron chi connectivity index (χ3n) is 4.01. The lowest BCUT2D eigenvalue weighted by atomic mass is 10.1. The molecule has 1 atom stereocenters. The molecule has 7 nitrogen and oxygen atoms in total. The highest BCUT2D eigenvalue weighted by atomic mass is 16.5. The Kier molecular flexibility index (Phi) is 5.45. The fourth-order valence-electron chi connectivity index (χ4n) is 2.68. The molecule has 1 aliphatic heterocycles. The van der Waals surface area contributed by atoms with E-state index in [-0.39, 0.29) is 23.7 Å². The third-order valence-corrected chi connectivity index (χ3v) is 4.01. The minimum atomic E-state index is -0.339. The fourth-order valence-corrected chi connectivity index (χ4v) is 2.68. The second-order valence-corrected chi connectivity index (χ2v) is 6.06. The van der Waals surface area contributed by atoms with Crippen molar-refractivity contribution in [3.8, 4) is 0 Å². The van der Waals surface area contributed by atoms with Gasteiger partial charge in [-0.3, -0.25) is 9.59 Å². The Morgan fingerprint density at radius 2 is 2.12 bits per heavy atom. The zero-order valence-corrected chi connectivity index (χ0v) is 14.1. The van der Waals surface area contributed by atoms with E-state index in [4.69, 9.17) is 9.26 Å². The first-order chi connectivity index (χ1) is 12.1. The van der Waals surface area contributed by atoms with Crippen LogP contribution in [0.25, 0.3) is 0 Å². The van der Waals surface area contributed by atoms with Gasteiger partial charge in [0, 0.05) is 31.3 Å². The minimum Gasteiger partial charge on any atom is -0.376 e. The molecule has 2 amide bonds. The van der Waals surface area contributed by atoms with Crippen molar-refractivity contribution in [1.82, 2.24) is 15.8 Å². The quantitative estimate of drug-likeness (QED) is 0.834. The van der Waals surface area contributed by atoms with E-state index in [2.05, 4.69) is 15.8 Å². The smallest absolute Gasteiger partial charge is 0.290 e. The van der Waals surface area contributed by atoms with E-state index in [0.717, 1.165) is 25.0 Å². The molecule has 132 valence electrons. The van der Waals surface area contributed by atoms with Crippen molar-refractivity contribution in [2.24, 2.45) is 0 Å². The molecule has 7 heteroatoms. The first kappa shape index (κ1) is 17.2. The Morgan fingerprint density at radius 1 is 1.24 bits per heavy atom. The lowest BCUT2D eigenvalue weighted by Gasteiger charge is -2.11. The second kappa shape index (κ2) is 7.94. The van der Waals surface area contributed by atoms with E-state index < -0.39 is 0 Å². The molecule has 2 aromatic rings.